The SMILES string of the molecule is NC(N)=NC1(C2CCCCC2)C=CC=CC1C1CCCCC1. The van der Waals surface area contributed by atoms with Gasteiger partial charge in [-0.15, -0.1) is 0 Å². The van der Waals surface area contributed by atoms with Crippen molar-refractivity contribution in [1.29, 1.82) is 0 Å². The van der Waals surface area contributed by atoms with Gasteiger partial charge in [0.15, 0.2) is 5.96 Å². The highest BCUT2D eigenvalue weighted by molar-refractivity contribution is 5.76. The quantitative estimate of drug-likeness (QED) is 0.613. The van der Waals surface area contributed by atoms with Crippen LogP contribution in [0.15, 0.2) is 29.3 Å². The zero-order valence-electron chi connectivity index (χ0n) is 13.7. The fraction of sp³-hybridized carbons (Fsp3) is 0.737. The lowest BCUT2D eigenvalue weighted by molar-refractivity contribution is 0.141. The van der Waals surface area contributed by atoms with Gasteiger partial charge in [0.05, 0.1) is 5.54 Å². The molecular weight excluding hydrogens is 270 g/mol. The van der Waals surface area contributed by atoms with Gasteiger partial charge >= 0.3 is 0 Å². The molecule has 3 aliphatic carbocycles. The average molecular weight is 301 g/mol. The Hall–Kier alpha value is -1.25. The first-order chi connectivity index (χ1) is 10.7. The summed E-state index contributed by atoms with van der Waals surface area (Å²) in [6, 6.07) is 0. The fourth-order valence-corrected chi connectivity index (χ4v) is 5.09. The lowest BCUT2D eigenvalue weighted by Crippen LogP contribution is -2.48. The molecule has 3 rings (SSSR count). The Balaban J connectivity index is 1.94. The lowest BCUT2D eigenvalue weighted by atomic mass is 9.61. The molecular formula is C19H31N3. The van der Waals surface area contributed by atoms with Crippen molar-refractivity contribution in [2.75, 3.05) is 0 Å². The minimum Gasteiger partial charge on any atom is -0.370 e. The summed E-state index contributed by atoms with van der Waals surface area (Å²) in [6.45, 7) is 0. The number of nitrogens with two attached hydrogens (primary N) is 2. The largest absolute Gasteiger partial charge is 0.370 e. The first-order valence-corrected chi connectivity index (χ1v) is 9.19. The van der Waals surface area contributed by atoms with Crippen molar-refractivity contribution in [3.8, 4) is 0 Å². The molecule has 3 nitrogen and oxygen atoms in total. The highest BCUT2D eigenvalue weighted by atomic mass is 15.0. The van der Waals surface area contributed by atoms with Gasteiger partial charge in [-0.3, -0.25) is 0 Å². The molecule has 4 N–H and O–H groups in total. The Labute approximate surface area is 134 Å². The van der Waals surface area contributed by atoms with Crippen LogP contribution in [-0.2, 0) is 0 Å². The second-order valence-electron chi connectivity index (χ2n) is 7.43. The summed E-state index contributed by atoms with van der Waals surface area (Å²) in [7, 11) is 0. The van der Waals surface area contributed by atoms with E-state index in [0.29, 0.717) is 11.8 Å². The van der Waals surface area contributed by atoms with Crippen molar-refractivity contribution >= 4 is 5.96 Å². The average Bonchev–Trinajstić information content (AvgIpc) is 2.56. The first-order valence-electron chi connectivity index (χ1n) is 9.19. The van der Waals surface area contributed by atoms with Gasteiger partial charge in [-0.1, -0.05) is 62.8 Å². The maximum atomic E-state index is 5.88. The molecule has 2 fully saturated rings. The Kier molecular flexibility index (Phi) is 4.90. The minimum absolute atomic E-state index is 0.185. The number of allylic oxidation sites excluding steroid dienone is 2. The Morgan fingerprint density at radius 2 is 1.50 bits per heavy atom. The molecule has 3 aliphatic rings. The maximum absolute atomic E-state index is 5.88. The summed E-state index contributed by atoms with van der Waals surface area (Å²) in [4.78, 5) is 4.88. The van der Waals surface area contributed by atoms with E-state index in [1.54, 1.807) is 0 Å². The van der Waals surface area contributed by atoms with E-state index in [9.17, 15) is 0 Å². The molecule has 0 aromatic heterocycles. The lowest BCUT2D eigenvalue weighted by Gasteiger charge is -2.47. The summed E-state index contributed by atoms with van der Waals surface area (Å²) in [6.07, 6.45) is 22.4. The molecule has 0 radical (unpaired) electrons. The summed E-state index contributed by atoms with van der Waals surface area (Å²) in [5.41, 5.74) is 11.6. The maximum Gasteiger partial charge on any atom is 0.186 e. The molecule has 0 bridgehead atoms. The van der Waals surface area contributed by atoms with E-state index >= 15 is 0 Å². The second kappa shape index (κ2) is 6.89. The van der Waals surface area contributed by atoms with E-state index in [1.165, 1.54) is 64.2 Å². The van der Waals surface area contributed by atoms with Crippen molar-refractivity contribution in [2.45, 2.75) is 69.7 Å². The first kappa shape index (κ1) is 15.6. The third kappa shape index (κ3) is 3.09. The molecule has 0 heterocycles. The van der Waals surface area contributed by atoms with Gasteiger partial charge in [-0.05, 0) is 37.5 Å². The Bertz CT molecular complexity index is 449. The summed E-state index contributed by atoms with van der Waals surface area (Å²) >= 11 is 0. The minimum atomic E-state index is -0.185. The predicted octanol–water partition coefficient (Wildman–Crippen LogP) is 3.90. The van der Waals surface area contributed by atoms with Crippen LogP contribution in [0.4, 0.5) is 0 Å². The standard InChI is InChI=1S/C19H31N3/c20-18(21)22-19(16-11-5-2-6-12-16)14-8-7-13-17(19)15-9-3-1-4-10-15/h7-8,13-17H,1-6,9-12H2,(H4,20,21,22). The van der Waals surface area contributed by atoms with E-state index in [1.807, 2.05) is 0 Å². The topological polar surface area (TPSA) is 64.4 Å². The number of rotatable bonds is 3. The summed E-state index contributed by atoms with van der Waals surface area (Å²) in [5, 5.41) is 0. The molecule has 2 unspecified atom stereocenters. The third-order valence-electron chi connectivity index (χ3n) is 6.07. The zero-order chi connectivity index (χ0) is 15.4. The normalized spacial score (nSPS) is 33.7. The van der Waals surface area contributed by atoms with E-state index in [2.05, 4.69) is 24.3 Å². The summed E-state index contributed by atoms with van der Waals surface area (Å²) < 4.78 is 0. The third-order valence-corrected chi connectivity index (χ3v) is 6.07. The van der Waals surface area contributed by atoms with E-state index in [0.717, 1.165) is 5.92 Å². The number of guanidine groups is 1. The predicted molar refractivity (Wildman–Crippen MR) is 93.5 cm³/mol. The molecule has 2 saturated carbocycles. The van der Waals surface area contributed by atoms with E-state index < -0.39 is 0 Å². The highest BCUT2D eigenvalue weighted by Crippen LogP contribution is 2.48. The van der Waals surface area contributed by atoms with Gasteiger partial charge in [0, 0.05) is 5.92 Å². The molecule has 22 heavy (non-hydrogen) atoms. The zero-order valence-corrected chi connectivity index (χ0v) is 13.7. The van der Waals surface area contributed by atoms with Crippen LogP contribution in [0.5, 0.6) is 0 Å². The fourth-order valence-electron chi connectivity index (χ4n) is 5.09. The van der Waals surface area contributed by atoms with Crippen molar-refractivity contribution in [3.63, 3.8) is 0 Å². The monoisotopic (exact) mass is 301 g/mol. The van der Waals surface area contributed by atoms with Crippen LogP contribution in [0.3, 0.4) is 0 Å². The molecule has 0 aromatic rings. The Morgan fingerprint density at radius 1 is 0.864 bits per heavy atom. The number of hydrogen-bond donors (Lipinski definition) is 2. The number of nitrogens with zero attached hydrogens (tertiary/aromatic N) is 1. The molecule has 122 valence electrons. The van der Waals surface area contributed by atoms with Crippen molar-refractivity contribution < 1.29 is 0 Å². The van der Waals surface area contributed by atoms with Crippen molar-refractivity contribution in [1.82, 2.24) is 0 Å². The smallest absolute Gasteiger partial charge is 0.186 e. The van der Waals surface area contributed by atoms with E-state index in [-0.39, 0.29) is 11.5 Å². The summed E-state index contributed by atoms with van der Waals surface area (Å²) in [5.74, 6) is 2.06. The number of hydrogen-bond acceptors (Lipinski definition) is 1. The van der Waals surface area contributed by atoms with Crippen LogP contribution in [0.1, 0.15) is 64.2 Å². The van der Waals surface area contributed by atoms with Crippen LogP contribution in [0.2, 0.25) is 0 Å². The van der Waals surface area contributed by atoms with Crippen LogP contribution in [0, 0.1) is 17.8 Å². The molecule has 3 heteroatoms. The Morgan fingerprint density at radius 3 is 2.14 bits per heavy atom. The molecule has 0 saturated heterocycles. The van der Waals surface area contributed by atoms with Gasteiger partial charge in [0.25, 0.3) is 0 Å². The molecule has 0 aromatic carbocycles. The van der Waals surface area contributed by atoms with Gasteiger partial charge in [0.2, 0.25) is 0 Å². The van der Waals surface area contributed by atoms with Gasteiger partial charge < -0.3 is 11.5 Å². The van der Waals surface area contributed by atoms with Gasteiger partial charge in [-0.2, -0.15) is 0 Å². The van der Waals surface area contributed by atoms with Crippen molar-refractivity contribution in [2.24, 2.45) is 34.2 Å². The molecule has 2 atom stereocenters. The van der Waals surface area contributed by atoms with Crippen LogP contribution in [-0.4, -0.2) is 11.5 Å². The molecule has 0 amide bonds. The van der Waals surface area contributed by atoms with Gasteiger partial charge in [0.1, 0.15) is 0 Å². The second-order valence-corrected chi connectivity index (χ2v) is 7.43. The van der Waals surface area contributed by atoms with Crippen LogP contribution >= 0.6 is 0 Å². The number of aliphatic imine (C=N–C) groups is 1. The van der Waals surface area contributed by atoms with Crippen LogP contribution in [0.25, 0.3) is 0 Å². The van der Waals surface area contributed by atoms with Crippen LogP contribution < -0.4 is 11.5 Å². The van der Waals surface area contributed by atoms with E-state index in [4.69, 9.17) is 16.5 Å². The molecule has 0 aliphatic heterocycles. The van der Waals surface area contributed by atoms with Crippen molar-refractivity contribution in [3.05, 3.63) is 24.3 Å². The highest BCUT2D eigenvalue weighted by Gasteiger charge is 2.46. The molecule has 0 spiro atoms. The van der Waals surface area contributed by atoms with Gasteiger partial charge in [-0.25, -0.2) is 4.99 Å².